The lowest BCUT2D eigenvalue weighted by molar-refractivity contribution is 0.376. The molecule has 0 radical (unpaired) electrons. The van der Waals surface area contributed by atoms with Gasteiger partial charge in [0.25, 0.3) is 0 Å². The molecule has 0 aliphatic carbocycles. The molecule has 1 aromatic rings. The second-order valence-electron chi connectivity index (χ2n) is 4.84. The summed E-state index contributed by atoms with van der Waals surface area (Å²) in [6.07, 6.45) is 2.50. The molecule has 1 aromatic carbocycles. The average Bonchev–Trinajstić information content (AvgIpc) is 2.89. The van der Waals surface area contributed by atoms with E-state index in [0.29, 0.717) is 32.2 Å². The average molecular weight is 294 g/mol. The van der Waals surface area contributed by atoms with Gasteiger partial charge in [-0.2, -0.15) is 0 Å². The first-order chi connectivity index (χ1) is 9.49. The molecule has 20 heavy (non-hydrogen) atoms. The van der Waals surface area contributed by atoms with Crippen molar-refractivity contribution in [1.82, 2.24) is 0 Å². The van der Waals surface area contributed by atoms with E-state index in [1.807, 2.05) is 0 Å². The highest BCUT2D eigenvalue weighted by Crippen LogP contribution is 2.35. The van der Waals surface area contributed by atoms with Gasteiger partial charge >= 0.3 is 0 Å². The van der Waals surface area contributed by atoms with Gasteiger partial charge in [0, 0.05) is 12.6 Å². The fraction of sp³-hybridized carbons (Fsp3) is 0.538. The Morgan fingerprint density at radius 3 is 2.05 bits per heavy atom. The Morgan fingerprint density at radius 1 is 0.950 bits per heavy atom. The predicted octanol–water partition coefficient (Wildman–Crippen LogP) is 3.09. The van der Waals surface area contributed by atoms with Crippen LogP contribution in [-0.4, -0.2) is 19.1 Å². The Bertz CT molecular complexity index is 477. The van der Waals surface area contributed by atoms with Gasteiger partial charge in [-0.1, -0.05) is 0 Å². The van der Waals surface area contributed by atoms with Crippen LogP contribution >= 0.6 is 0 Å². The van der Waals surface area contributed by atoms with Gasteiger partial charge in [-0.3, -0.25) is 0 Å². The third-order valence-electron chi connectivity index (χ3n) is 3.59. The maximum absolute atomic E-state index is 13.8. The van der Waals surface area contributed by atoms with Crippen molar-refractivity contribution in [1.29, 1.82) is 0 Å². The minimum absolute atomic E-state index is 0.244. The van der Waals surface area contributed by atoms with Crippen LogP contribution in [0.15, 0.2) is 0 Å². The Labute approximate surface area is 113 Å². The van der Waals surface area contributed by atoms with Gasteiger partial charge in [-0.25, -0.2) is 22.0 Å². The summed E-state index contributed by atoms with van der Waals surface area (Å²) in [5.74, 6) is -9.45. The number of hydrogen-bond donors (Lipinski definition) is 1. The van der Waals surface area contributed by atoms with Crippen molar-refractivity contribution in [3.8, 4) is 0 Å². The fourth-order valence-corrected chi connectivity index (χ4v) is 2.63. The number of nitrogens with two attached hydrogens (primary N) is 1. The summed E-state index contributed by atoms with van der Waals surface area (Å²) in [5.41, 5.74) is 4.56. The van der Waals surface area contributed by atoms with E-state index in [1.54, 1.807) is 0 Å². The van der Waals surface area contributed by atoms with Crippen LogP contribution in [-0.2, 0) is 0 Å². The molecular formula is C13H15F5N2. The van der Waals surface area contributed by atoms with Crippen LogP contribution in [0.2, 0.25) is 0 Å². The first-order valence-corrected chi connectivity index (χ1v) is 6.47. The quantitative estimate of drug-likeness (QED) is 0.525. The van der Waals surface area contributed by atoms with Crippen LogP contribution < -0.4 is 10.6 Å². The molecule has 1 unspecified atom stereocenters. The van der Waals surface area contributed by atoms with Crippen LogP contribution in [0.1, 0.15) is 25.7 Å². The fourth-order valence-electron chi connectivity index (χ4n) is 2.63. The van der Waals surface area contributed by atoms with E-state index in [2.05, 4.69) is 0 Å². The molecule has 0 aromatic heterocycles. The van der Waals surface area contributed by atoms with Gasteiger partial charge in [-0.15, -0.1) is 0 Å². The Balaban J connectivity index is 2.41. The van der Waals surface area contributed by atoms with Gasteiger partial charge in [0.2, 0.25) is 5.82 Å². The summed E-state index contributed by atoms with van der Waals surface area (Å²) in [5, 5.41) is 0. The number of hydrogen-bond acceptors (Lipinski definition) is 2. The van der Waals surface area contributed by atoms with E-state index >= 15 is 0 Å². The highest BCUT2D eigenvalue weighted by molar-refractivity contribution is 5.52. The van der Waals surface area contributed by atoms with Gasteiger partial charge in [0.05, 0.1) is 0 Å². The van der Waals surface area contributed by atoms with Crippen LogP contribution in [0.25, 0.3) is 0 Å². The third kappa shape index (κ3) is 2.46. The molecule has 0 bridgehead atoms. The van der Waals surface area contributed by atoms with Crippen LogP contribution in [0.3, 0.4) is 0 Å². The molecule has 2 N–H and O–H groups in total. The smallest absolute Gasteiger partial charge is 0.200 e. The zero-order valence-corrected chi connectivity index (χ0v) is 10.7. The van der Waals surface area contributed by atoms with Crippen molar-refractivity contribution >= 4 is 5.69 Å². The normalized spacial score (nSPS) is 18.9. The number of halogens is 5. The Kier molecular flexibility index (Phi) is 4.47. The van der Waals surface area contributed by atoms with Crippen LogP contribution in [0, 0.1) is 29.1 Å². The molecule has 1 fully saturated rings. The molecule has 1 saturated heterocycles. The summed E-state index contributed by atoms with van der Waals surface area (Å²) in [6, 6.07) is -0.244. The van der Waals surface area contributed by atoms with E-state index in [1.165, 1.54) is 4.90 Å². The van der Waals surface area contributed by atoms with E-state index < -0.39 is 34.8 Å². The Hall–Kier alpha value is -1.37. The van der Waals surface area contributed by atoms with Crippen molar-refractivity contribution in [3.05, 3.63) is 29.1 Å². The SMILES string of the molecule is NCCCC1CCCN1c1c(F)c(F)c(F)c(F)c1F. The van der Waals surface area contributed by atoms with Gasteiger partial charge in [0.1, 0.15) is 5.69 Å². The monoisotopic (exact) mass is 294 g/mol. The van der Waals surface area contributed by atoms with Gasteiger partial charge in [-0.05, 0) is 32.2 Å². The highest BCUT2D eigenvalue weighted by Gasteiger charge is 2.34. The molecular weight excluding hydrogens is 279 g/mol. The van der Waals surface area contributed by atoms with Gasteiger partial charge in [0.15, 0.2) is 23.3 Å². The van der Waals surface area contributed by atoms with Crippen molar-refractivity contribution in [2.75, 3.05) is 18.0 Å². The minimum atomic E-state index is -2.12. The summed E-state index contributed by atoms with van der Waals surface area (Å²) in [6.45, 7) is 0.690. The highest BCUT2D eigenvalue weighted by atomic mass is 19.2. The molecule has 0 amide bonds. The number of benzene rings is 1. The number of rotatable bonds is 4. The molecule has 2 rings (SSSR count). The summed E-state index contributed by atoms with van der Waals surface area (Å²) < 4.78 is 67.0. The lowest BCUT2D eigenvalue weighted by atomic mass is 10.1. The maximum atomic E-state index is 13.8. The second kappa shape index (κ2) is 5.95. The van der Waals surface area contributed by atoms with Crippen molar-refractivity contribution < 1.29 is 22.0 Å². The molecule has 7 heteroatoms. The number of anilines is 1. The van der Waals surface area contributed by atoms with Gasteiger partial charge < -0.3 is 10.6 Å². The third-order valence-corrected chi connectivity index (χ3v) is 3.59. The van der Waals surface area contributed by atoms with Crippen molar-refractivity contribution in [3.63, 3.8) is 0 Å². The van der Waals surface area contributed by atoms with Crippen molar-refractivity contribution in [2.45, 2.75) is 31.7 Å². The number of nitrogens with zero attached hydrogens (tertiary/aromatic N) is 1. The molecule has 0 saturated carbocycles. The van der Waals surface area contributed by atoms with E-state index in [-0.39, 0.29) is 12.6 Å². The van der Waals surface area contributed by atoms with Crippen LogP contribution in [0.4, 0.5) is 27.6 Å². The topological polar surface area (TPSA) is 29.3 Å². The molecule has 1 heterocycles. The zero-order chi connectivity index (χ0) is 14.9. The lowest BCUT2D eigenvalue weighted by Gasteiger charge is -2.27. The minimum Gasteiger partial charge on any atom is -0.364 e. The molecule has 2 nitrogen and oxygen atoms in total. The molecule has 1 atom stereocenters. The van der Waals surface area contributed by atoms with E-state index in [0.717, 1.165) is 0 Å². The molecule has 0 spiro atoms. The standard InChI is InChI=1S/C13H15F5N2/c14-8-9(15)11(17)13(12(18)10(8)16)20-6-2-4-7(20)3-1-5-19/h7H,1-6,19H2. The summed E-state index contributed by atoms with van der Waals surface area (Å²) in [4.78, 5) is 1.27. The first-order valence-electron chi connectivity index (χ1n) is 6.47. The van der Waals surface area contributed by atoms with Crippen molar-refractivity contribution in [2.24, 2.45) is 5.73 Å². The van der Waals surface area contributed by atoms with E-state index in [4.69, 9.17) is 5.73 Å². The zero-order valence-electron chi connectivity index (χ0n) is 10.7. The summed E-state index contributed by atoms with van der Waals surface area (Å²) in [7, 11) is 0. The molecule has 1 aliphatic rings. The molecule has 112 valence electrons. The first kappa shape index (κ1) is 15.0. The summed E-state index contributed by atoms with van der Waals surface area (Å²) >= 11 is 0. The molecule has 1 aliphatic heterocycles. The van der Waals surface area contributed by atoms with E-state index in [9.17, 15) is 22.0 Å². The predicted molar refractivity (Wildman–Crippen MR) is 64.9 cm³/mol. The lowest BCUT2D eigenvalue weighted by Crippen LogP contribution is -2.32. The largest absolute Gasteiger partial charge is 0.364 e. The Morgan fingerprint density at radius 2 is 1.50 bits per heavy atom. The van der Waals surface area contributed by atoms with Crippen LogP contribution in [0.5, 0.6) is 0 Å². The maximum Gasteiger partial charge on any atom is 0.200 e. The second-order valence-corrected chi connectivity index (χ2v) is 4.84.